The number of carbonyl (C=O) groups is 1. The predicted octanol–water partition coefficient (Wildman–Crippen LogP) is 1.14. The third kappa shape index (κ3) is 2.91. The number of hydrogen-bond acceptors (Lipinski definition) is 3. The van der Waals surface area contributed by atoms with Gasteiger partial charge < -0.3 is 5.32 Å². The number of rotatable bonds is 5. The topological polar surface area (TPSA) is 66.5 Å². The van der Waals surface area contributed by atoms with E-state index < -0.39 is 16.1 Å². The van der Waals surface area contributed by atoms with Crippen LogP contribution >= 0.6 is 0 Å². The maximum absolute atomic E-state index is 12.5. The quantitative estimate of drug-likeness (QED) is 0.828. The van der Waals surface area contributed by atoms with E-state index in [2.05, 4.69) is 11.9 Å². The highest BCUT2D eigenvalue weighted by atomic mass is 32.2. The van der Waals surface area contributed by atoms with Gasteiger partial charge in [-0.2, -0.15) is 4.31 Å². The molecule has 1 fully saturated rings. The van der Waals surface area contributed by atoms with E-state index in [1.54, 1.807) is 36.4 Å². The van der Waals surface area contributed by atoms with Crippen molar-refractivity contribution in [2.75, 3.05) is 13.1 Å². The number of amides is 1. The molecule has 1 amide bonds. The summed E-state index contributed by atoms with van der Waals surface area (Å²) in [5.74, 6) is -0.262. The van der Waals surface area contributed by atoms with Gasteiger partial charge >= 0.3 is 0 Å². The molecule has 0 aliphatic carbocycles. The van der Waals surface area contributed by atoms with Gasteiger partial charge in [0.05, 0.1) is 4.90 Å². The molecule has 1 aromatic rings. The summed E-state index contributed by atoms with van der Waals surface area (Å²) in [6.45, 7) is 4.25. The Morgan fingerprint density at radius 2 is 2.10 bits per heavy atom. The molecule has 0 saturated carbocycles. The second-order valence-corrected chi connectivity index (χ2v) is 6.51. The predicted molar refractivity (Wildman–Crippen MR) is 76.6 cm³/mol. The van der Waals surface area contributed by atoms with E-state index in [0.29, 0.717) is 25.9 Å². The maximum Gasteiger partial charge on any atom is 0.243 e. The molecule has 0 aromatic heterocycles. The molecule has 0 bridgehead atoms. The summed E-state index contributed by atoms with van der Waals surface area (Å²) in [7, 11) is -3.61. The number of hydrogen-bond donors (Lipinski definition) is 1. The number of carbonyl (C=O) groups excluding carboxylic acids is 1. The van der Waals surface area contributed by atoms with E-state index in [0.717, 1.165) is 0 Å². The van der Waals surface area contributed by atoms with Crippen molar-refractivity contribution in [3.05, 3.63) is 43.0 Å². The molecular weight excluding hydrogens is 276 g/mol. The molecule has 0 spiro atoms. The molecule has 1 aliphatic rings. The normalized spacial score (nSPS) is 19.7. The third-order valence-corrected chi connectivity index (χ3v) is 5.20. The second kappa shape index (κ2) is 6.19. The first-order valence-electron chi connectivity index (χ1n) is 6.53. The van der Waals surface area contributed by atoms with E-state index in [1.165, 1.54) is 4.31 Å². The van der Waals surface area contributed by atoms with Crippen LogP contribution in [-0.2, 0) is 14.8 Å². The zero-order valence-electron chi connectivity index (χ0n) is 11.2. The Hall–Kier alpha value is -1.66. The third-order valence-electron chi connectivity index (χ3n) is 3.28. The molecule has 1 N–H and O–H groups in total. The van der Waals surface area contributed by atoms with Gasteiger partial charge in [-0.15, -0.1) is 6.58 Å². The molecule has 6 heteroatoms. The average molecular weight is 294 g/mol. The minimum Gasteiger partial charge on any atom is -0.351 e. The number of benzene rings is 1. The van der Waals surface area contributed by atoms with Gasteiger partial charge in [0.1, 0.15) is 6.04 Å². The Kier molecular flexibility index (Phi) is 4.57. The van der Waals surface area contributed by atoms with Crippen LogP contribution in [-0.4, -0.2) is 37.8 Å². The molecule has 20 heavy (non-hydrogen) atoms. The second-order valence-electron chi connectivity index (χ2n) is 4.62. The molecule has 2 rings (SSSR count). The average Bonchev–Trinajstić information content (AvgIpc) is 2.96. The lowest BCUT2D eigenvalue weighted by Gasteiger charge is -2.23. The van der Waals surface area contributed by atoms with E-state index in [1.807, 2.05) is 0 Å². The van der Waals surface area contributed by atoms with Gasteiger partial charge in [0, 0.05) is 13.1 Å². The van der Waals surface area contributed by atoms with Crippen molar-refractivity contribution in [2.45, 2.75) is 23.8 Å². The van der Waals surface area contributed by atoms with Gasteiger partial charge in [-0.25, -0.2) is 8.42 Å². The van der Waals surface area contributed by atoms with Crippen LogP contribution in [0.2, 0.25) is 0 Å². The maximum atomic E-state index is 12.5. The van der Waals surface area contributed by atoms with E-state index in [-0.39, 0.29) is 10.8 Å². The van der Waals surface area contributed by atoms with Gasteiger partial charge in [-0.05, 0) is 25.0 Å². The Bertz CT molecular complexity index is 584. The fourth-order valence-electron chi connectivity index (χ4n) is 2.31. The first-order chi connectivity index (χ1) is 9.57. The van der Waals surface area contributed by atoms with Crippen LogP contribution in [0.15, 0.2) is 47.9 Å². The highest BCUT2D eigenvalue weighted by molar-refractivity contribution is 7.89. The first-order valence-corrected chi connectivity index (χ1v) is 7.97. The summed E-state index contributed by atoms with van der Waals surface area (Å²) in [6, 6.07) is 7.58. The highest BCUT2D eigenvalue weighted by Gasteiger charge is 2.39. The van der Waals surface area contributed by atoms with Crippen LogP contribution in [0.5, 0.6) is 0 Å². The van der Waals surface area contributed by atoms with Gasteiger partial charge in [0.25, 0.3) is 0 Å². The molecule has 108 valence electrons. The summed E-state index contributed by atoms with van der Waals surface area (Å²) in [5.41, 5.74) is 0. The van der Waals surface area contributed by atoms with Crippen molar-refractivity contribution in [1.29, 1.82) is 0 Å². The van der Waals surface area contributed by atoms with Crippen molar-refractivity contribution < 1.29 is 13.2 Å². The minimum absolute atomic E-state index is 0.225. The lowest BCUT2D eigenvalue weighted by atomic mass is 10.2. The fourth-order valence-corrected chi connectivity index (χ4v) is 3.99. The highest BCUT2D eigenvalue weighted by Crippen LogP contribution is 2.25. The lowest BCUT2D eigenvalue weighted by Crippen LogP contribution is -2.45. The molecule has 5 nitrogen and oxygen atoms in total. The van der Waals surface area contributed by atoms with Crippen molar-refractivity contribution in [3.8, 4) is 0 Å². The summed E-state index contributed by atoms with van der Waals surface area (Å²) in [6.07, 6.45) is 2.82. The summed E-state index contributed by atoms with van der Waals surface area (Å²) < 4.78 is 26.4. The van der Waals surface area contributed by atoms with E-state index in [9.17, 15) is 13.2 Å². The molecule has 1 saturated heterocycles. The number of nitrogens with one attached hydrogen (secondary N) is 1. The van der Waals surface area contributed by atoms with Gasteiger partial charge in [-0.3, -0.25) is 4.79 Å². The van der Waals surface area contributed by atoms with Crippen LogP contribution in [0.3, 0.4) is 0 Å². The summed E-state index contributed by atoms with van der Waals surface area (Å²) in [5, 5.41) is 2.66. The zero-order chi connectivity index (χ0) is 14.6. The Morgan fingerprint density at radius 1 is 1.40 bits per heavy atom. The van der Waals surface area contributed by atoms with Gasteiger partial charge in [-0.1, -0.05) is 24.3 Å². The largest absolute Gasteiger partial charge is 0.351 e. The van der Waals surface area contributed by atoms with Crippen LogP contribution in [0, 0.1) is 0 Å². The van der Waals surface area contributed by atoms with Crippen molar-refractivity contribution >= 4 is 15.9 Å². The van der Waals surface area contributed by atoms with Gasteiger partial charge in [0.15, 0.2) is 0 Å². The zero-order valence-corrected chi connectivity index (χ0v) is 12.0. The van der Waals surface area contributed by atoms with Crippen LogP contribution in [0.25, 0.3) is 0 Å². The Morgan fingerprint density at radius 3 is 2.75 bits per heavy atom. The van der Waals surface area contributed by atoms with Crippen molar-refractivity contribution in [2.24, 2.45) is 0 Å². The lowest BCUT2D eigenvalue weighted by molar-refractivity contribution is -0.123. The SMILES string of the molecule is C=CCNC(=O)[C@@H]1CCCN1S(=O)(=O)c1ccccc1. The van der Waals surface area contributed by atoms with Crippen molar-refractivity contribution in [1.82, 2.24) is 9.62 Å². The monoisotopic (exact) mass is 294 g/mol. The molecule has 0 unspecified atom stereocenters. The molecule has 1 aromatic carbocycles. The fraction of sp³-hybridized carbons (Fsp3) is 0.357. The molecule has 1 aliphatic heterocycles. The first kappa shape index (κ1) is 14.7. The summed E-state index contributed by atoms with van der Waals surface area (Å²) in [4.78, 5) is 12.3. The summed E-state index contributed by atoms with van der Waals surface area (Å²) >= 11 is 0. The van der Waals surface area contributed by atoms with Crippen LogP contribution < -0.4 is 5.32 Å². The van der Waals surface area contributed by atoms with E-state index >= 15 is 0 Å². The molecular formula is C14H18N2O3S. The molecule has 1 atom stereocenters. The van der Waals surface area contributed by atoms with Crippen LogP contribution in [0.1, 0.15) is 12.8 Å². The van der Waals surface area contributed by atoms with E-state index in [4.69, 9.17) is 0 Å². The smallest absolute Gasteiger partial charge is 0.243 e. The number of nitrogens with zero attached hydrogens (tertiary/aromatic N) is 1. The Labute approximate surface area is 119 Å². The molecule has 1 heterocycles. The minimum atomic E-state index is -3.61. The van der Waals surface area contributed by atoms with Crippen LogP contribution in [0.4, 0.5) is 0 Å². The number of sulfonamides is 1. The standard InChI is InChI=1S/C14H18N2O3S/c1-2-10-15-14(17)13-9-6-11-16(13)20(18,19)12-7-4-3-5-8-12/h2-5,7-8,13H,1,6,9-11H2,(H,15,17)/t13-/m0/s1. The Balaban J connectivity index is 2.22. The van der Waals surface area contributed by atoms with Crippen molar-refractivity contribution in [3.63, 3.8) is 0 Å². The molecule has 0 radical (unpaired) electrons. The van der Waals surface area contributed by atoms with Gasteiger partial charge in [0.2, 0.25) is 15.9 Å².